The molecular weight excluding hydrogens is 368 g/mol. The summed E-state index contributed by atoms with van der Waals surface area (Å²) in [6, 6.07) is 18.6. The van der Waals surface area contributed by atoms with Gasteiger partial charge in [-0.3, -0.25) is 5.10 Å². The lowest BCUT2D eigenvalue weighted by molar-refractivity contribution is 0.415. The van der Waals surface area contributed by atoms with Crippen molar-refractivity contribution in [3.8, 4) is 28.8 Å². The molecule has 0 saturated heterocycles. The lowest BCUT2D eigenvalue weighted by Crippen LogP contribution is -2.00. The molecule has 0 aliphatic heterocycles. The van der Waals surface area contributed by atoms with Crippen LogP contribution in [0.25, 0.3) is 11.3 Å². The van der Waals surface area contributed by atoms with Gasteiger partial charge in [0.05, 0.1) is 12.8 Å². The first kappa shape index (κ1) is 18.3. The van der Waals surface area contributed by atoms with Gasteiger partial charge >= 0.3 is 6.01 Å². The molecule has 8 heteroatoms. The number of rotatable bonds is 6. The van der Waals surface area contributed by atoms with E-state index in [9.17, 15) is 0 Å². The minimum Gasteiger partial charge on any atom is -0.497 e. The first-order chi connectivity index (χ1) is 14.1. The number of nitrogens with one attached hydrogen (secondary N) is 2. The molecule has 2 aromatic heterocycles. The quantitative estimate of drug-likeness (QED) is 0.422. The van der Waals surface area contributed by atoms with Crippen LogP contribution in [0, 0.1) is 6.92 Å². The number of methoxy groups -OCH3 is 1. The number of nitrogens with two attached hydrogens (primary N) is 1. The van der Waals surface area contributed by atoms with Gasteiger partial charge in [-0.15, -0.1) is 0 Å². The van der Waals surface area contributed by atoms with E-state index in [0.717, 1.165) is 17.0 Å². The van der Waals surface area contributed by atoms with E-state index in [0.29, 0.717) is 28.8 Å². The lowest BCUT2D eigenvalue weighted by Gasteiger charge is -2.10. The van der Waals surface area contributed by atoms with E-state index in [-0.39, 0.29) is 6.01 Å². The number of anilines is 3. The average Bonchev–Trinajstić information content (AvgIpc) is 3.14. The van der Waals surface area contributed by atoms with Crippen molar-refractivity contribution in [2.45, 2.75) is 6.92 Å². The Kier molecular flexibility index (Phi) is 4.98. The molecule has 0 bridgehead atoms. The van der Waals surface area contributed by atoms with Crippen LogP contribution >= 0.6 is 0 Å². The van der Waals surface area contributed by atoms with Gasteiger partial charge in [-0.2, -0.15) is 15.1 Å². The monoisotopic (exact) mass is 388 g/mol. The molecule has 0 aliphatic rings. The van der Waals surface area contributed by atoms with Crippen molar-refractivity contribution in [2.24, 2.45) is 0 Å². The first-order valence-corrected chi connectivity index (χ1v) is 8.95. The van der Waals surface area contributed by atoms with E-state index < -0.39 is 0 Å². The van der Waals surface area contributed by atoms with E-state index in [4.69, 9.17) is 15.2 Å². The van der Waals surface area contributed by atoms with E-state index in [1.165, 1.54) is 0 Å². The van der Waals surface area contributed by atoms with E-state index in [2.05, 4.69) is 25.5 Å². The number of ether oxygens (including phenoxy) is 2. The molecule has 2 heterocycles. The lowest BCUT2D eigenvalue weighted by atomic mass is 10.1. The number of nitrogen functional groups attached to an aromatic ring is 1. The third kappa shape index (κ3) is 4.44. The molecule has 29 heavy (non-hydrogen) atoms. The summed E-state index contributed by atoms with van der Waals surface area (Å²) < 4.78 is 11.1. The van der Waals surface area contributed by atoms with Gasteiger partial charge in [-0.05, 0) is 55.5 Å². The van der Waals surface area contributed by atoms with Gasteiger partial charge in [0.15, 0.2) is 5.82 Å². The zero-order valence-corrected chi connectivity index (χ0v) is 16.0. The number of H-pyrrole nitrogens is 1. The van der Waals surface area contributed by atoms with Crippen LogP contribution in [0.2, 0.25) is 0 Å². The summed E-state index contributed by atoms with van der Waals surface area (Å²) in [6.07, 6.45) is 0. The maximum Gasteiger partial charge on any atom is 0.324 e. The van der Waals surface area contributed by atoms with Crippen LogP contribution in [0.1, 0.15) is 5.69 Å². The minimum absolute atomic E-state index is 0.206. The molecule has 0 spiro atoms. The first-order valence-electron chi connectivity index (χ1n) is 8.95. The molecule has 2 aromatic carbocycles. The minimum atomic E-state index is 0.206. The van der Waals surface area contributed by atoms with Crippen LogP contribution in [0.5, 0.6) is 17.5 Å². The molecule has 4 aromatic rings. The maximum absolute atomic E-state index is 5.85. The molecule has 0 unspecified atom stereocenters. The highest BCUT2D eigenvalue weighted by molar-refractivity contribution is 5.66. The number of nitrogens with zero attached hydrogens (tertiary/aromatic N) is 3. The number of hydrogen-bond acceptors (Lipinski definition) is 7. The van der Waals surface area contributed by atoms with Crippen molar-refractivity contribution in [1.29, 1.82) is 0 Å². The Morgan fingerprint density at radius 1 is 0.897 bits per heavy atom. The highest BCUT2D eigenvalue weighted by Gasteiger charge is 2.11. The Bertz CT molecular complexity index is 1110. The molecule has 8 nitrogen and oxygen atoms in total. The molecule has 0 aliphatic carbocycles. The summed E-state index contributed by atoms with van der Waals surface area (Å²) in [5, 5.41) is 10.3. The zero-order valence-electron chi connectivity index (χ0n) is 16.0. The summed E-state index contributed by atoms with van der Waals surface area (Å²) in [5.41, 5.74) is 8.93. The molecule has 4 N–H and O–H groups in total. The second-order valence-corrected chi connectivity index (χ2v) is 6.38. The average molecular weight is 388 g/mol. The Labute approximate surface area is 167 Å². The Hall–Kier alpha value is -4.07. The topological polar surface area (TPSA) is 111 Å². The third-order valence-corrected chi connectivity index (χ3v) is 4.14. The van der Waals surface area contributed by atoms with Crippen molar-refractivity contribution < 1.29 is 9.47 Å². The Balaban J connectivity index is 1.70. The van der Waals surface area contributed by atoms with Crippen molar-refractivity contribution in [3.05, 3.63) is 66.4 Å². The summed E-state index contributed by atoms with van der Waals surface area (Å²) in [4.78, 5) is 9.01. The fourth-order valence-electron chi connectivity index (χ4n) is 2.70. The van der Waals surface area contributed by atoms with Crippen molar-refractivity contribution >= 4 is 17.3 Å². The maximum atomic E-state index is 5.85. The van der Waals surface area contributed by atoms with Crippen LogP contribution in [0.3, 0.4) is 0 Å². The van der Waals surface area contributed by atoms with E-state index in [1.54, 1.807) is 31.4 Å². The fraction of sp³-hybridized carbons (Fsp3) is 0.0952. The summed E-state index contributed by atoms with van der Waals surface area (Å²) in [7, 11) is 1.63. The van der Waals surface area contributed by atoms with Gasteiger partial charge in [-0.25, -0.2) is 0 Å². The van der Waals surface area contributed by atoms with Crippen molar-refractivity contribution in [1.82, 2.24) is 20.2 Å². The molecule has 4 rings (SSSR count). The van der Waals surface area contributed by atoms with Gasteiger partial charge < -0.3 is 20.5 Å². The molecule has 0 fully saturated rings. The van der Waals surface area contributed by atoms with Crippen LogP contribution < -0.4 is 20.5 Å². The highest BCUT2D eigenvalue weighted by atomic mass is 16.5. The van der Waals surface area contributed by atoms with Crippen molar-refractivity contribution in [3.63, 3.8) is 0 Å². The SMILES string of the molecule is COc1ccc(-c2cc(Nc3cc(C)[nH]n3)nc(Oc3ccc(N)cc3)n2)cc1. The van der Waals surface area contributed by atoms with Gasteiger partial charge in [0.25, 0.3) is 0 Å². The molecule has 0 saturated carbocycles. The molecular formula is C21H20N6O2. The Morgan fingerprint density at radius 2 is 1.62 bits per heavy atom. The normalized spacial score (nSPS) is 10.6. The number of aromatic nitrogens is 4. The van der Waals surface area contributed by atoms with E-state index >= 15 is 0 Å². The molecule has 0 amide bonds. The summed E-state index contributed by atoms with van der Waals surface area (Å²) >= 11 is 0. The standard InChI is InChI=1S/C21H20N6O2/c1-13-11-20(27-26-13)24-19-12-18(14-3-7-16(28-2)8-4-14)23-21(25-19)29-17-9-5-15(22)6-10-17/h3-12H,22H2,1-2H3,(H2,23,24,25,26,27). The zero-order chi connectivity index (χ0) is 20.2. The van der Waals surface area contributed by atoms with Crippen LogP contribution in [-0.4, -0.2) is 27.3 Å². The molecule has 146 valence electrons. The largest absolute Gasteiger partial charge is 0.497 e. The number of benzene rings is 2. The number of aryl methyl sites for hydroxylation is 1. The van der Waals surface area contributed by atoms with Gasteiger partial charge in [-0.1, -0.05) is 0 Å². The molecule has 0 atom stereocenters. The second kappa shape index (κ2) is 7.89. The van der Waals surface area contributed by atoms with Gasteiger partial charge in [0, 0.05) is 29.1 Å². The van der Waals surface area contributed by atoms with Gasteiger partial charge in [0.1, 0.15) is 17.3 Å². The molecule has 0 radical (unpaired) electrons. The smallest absolute Gasteiger partial charge is 0.324 e. The second-order valence-electron chi connectivity index (χ2n) is 6.38. The predicted octanol–water partition coefficient (Wildman–Crippen LogP) is 4.30. The third-order valence-electron chi connectivity index (χ3n) is 4.14. The number of aromatic amines is 1. The predicted molar refractivity (Wildman–Crippen MR) is 112 cm³/mol. The Morgan fingerprint density at radius 3 is 2.28 bits per heavy atom. The van der Waals surface area contributed by atoms with Crippen molar-refractivity contribution in [2.75, 3.05) is 18.2 Å². The van der Waals surface area contributed by atoms with E-state index in [1.807, 2.05) is 43.3 Å². The van der Waals surface area contributed by atoms with Crippen LogP contribution in [0.4, 0.5) is 17.3 Å². The fourth-order valence-corrected chi connectivity index (χ4v) is 2.70. The van der Waals surface area contributed by atoms with Crippen LogP contribution in [-0.2, 0) is 0 Å². The number of hydrogen-bond donors (Lipinski definition) is 3. The van der Waals surface area contributed by atoms with Gasteiger partial charge in [0.2, 0.25) is 0 Å². The summed E-state index contributed by atoms with van der Waals surface area (Å²) in [6.45, 7) is 1.93. The van der Waals surface area contributed by atoms with Crippen LogP contribution in [0.15, 0.2) is 60.7 Å². The summed E-state index contributed by atoms with van der Waals surface area (Å²) in [5.74, 6) is 2.57. The highest BCUT2D eigenvalue weighted by Crippen LogP contribution is 2.28.